The van der Waals surface area contributed by atoms with Gasteiger partial charge >= 0.3 is 0 Å². The van der Waals surface area contributed by atoms with Gasteiger partial charge in [-0.1, -0.05) is 52.7 Å². The minimum atomic E-state index is 0.600. The van der Waals surface area contributed by atoms with Gasteiger partial charge in [-0.15, -0.1) is 0 Å². The lowest BCUT2D eigenvalue weighted by Crippen LogP contribution is -2.13. The van der Waals surface area contributed by atoms with E-state index in [1.807, 2.05) is 0 Å². The van der Waals surface area contributed by atoms with Crippen LogP contribution in [0, 0.1) is 13.8 Å². The van der Waals surface area contributed by atoms with Crippen molar-refractivity contribution >= 4 is 15.9 Å². The molecule has 0 radical (unpaired) electrons. The molecule has 0 heterocycles. The van der Waals surface area contributed by atoms with E-state index in [0.29, 0.717) is 6.61 Å². The highest BCUT2D eigenvalue weighted by Gasteiger charge is 2.09. The van der Waals surface area contributed by atoms with Gasteiger partial charge in [0.2, 0.25) is 0 Å². The van der Waals surface area contributed by atoms with Gasteiger partial charge in [-0.05, 0) is 43.7 Å². The van der Waals surface area contributed by atoms with Crippen molar-refractivity contribution in [3.05, 3.63) is 63.1 Å². The lowest BCUT2D eigenvalue weighted by Gasteiger charge is -2.15. The van der Waals surface area contributed by atoms with E-state index in [0.717, 1.165) is 28.9 Å². The van der Waals surface area contributed by atoms with Crippen molar-refractivity contribution in [3.8, 4) is 5.75 Å². The Kier molecular flexibility index (Phi) is 5.83. The van der Waals surface area contributed by atoms with E-state index < -0.39 is 0 Å². The first-order valence-corrected chi connectivity index (χ1v) is 8.07. The Morgan fingerprint density at radius 2 is 1.95 bits per heavy atom. The molecular weight excluding hydrogens is 326 g/mol. The molecule has 0 atom stereocenters. The van der Waals surface area contributed by atoms with E-state index in [-0.39, 0.29) is 0 Å². The fourth-order valence-electron chi connectivity index (χ4n) is 2.35. The number of ether oxygens (including phenoxy) is 1. The molecule has 0 unspecified atom stereocenters. The average molecular weight is 348 g/mol. The summed E-state index contributed by atoms with van der Waals surface area (Å²) in [5.41, 5.74) is 4.81. The molecule has 2 rings (SSSR count). The number of rotatable bonds is 6. The summed E-state index contributed by atoms with van der Waals surface area (Å²) in [5, 5.41) is 3.37. The molecule has 1 N–H and O–H groups in total. The van der Waals surface area contributed by atoms with Crippen LogP contribution in [0.4, 0.5) is 0 Å². The van der Waals surface area contributed by atoms with Crippen molar-refractivity contribution in [3.63, 3.8) is 0 Å². The predicted octanol–water partition coefficient (Wildman–Crippen LogP) is 4.75. The molecule has 0 aliphatic heterocycles. The Morgan fingerprint density at radius 1 is 1.14 bits per heavy atom. The molecule has 0 aliphatic rings. The van der Waals surface area contributed by atoms with Crippen molar-refractivity contribution < 1.29 is 4.74 Å². The van der Waals surface area contributed by atoms with E-state index >= 15 is 0 Å². The molecule has 0 amide bonds. The van der Waals surface area contributed by atoms with E-state index in [4.69, 9.17) is 4.74 Å². The Bertz CT molecular complexity index is 610. The average Bonchev–Trinajstić information content (AvgIpc) is 2.44. The maximum Gasteiger partial charge on any atom is 0.127 e. The molecule has 112 valence electrons. The Hall–Kier alpha value is -1.32. The second-order valence-corrected chi connectivity index (χ2v) is 6.18. The molecule has 21 heavy (non-hydrogen) atoms. The summed E-state index contributed by atoms with van der Waals surface area (Å²) in [6.07, 6.45) is 0. The molecule has 0 aliphatic carbocycles. The summed E-state index contributed by atoms with van der Waals surface area (Å²) in [4.78, 5) is 0. The monoisotopic (exact) mass is 347 g/mol. The summed E-state index contributed by atoms with van der Waals surface area (Å²) in [6, 6.07) is 12.7. The van der Waals surface area contributed by atoms with Crippen LogP contribution in [0.5, 0.6) is 5.75 Å². The van der Waals surface area contributed by atoms with Crippen LogP contribution in [0.1, 0.15) is 29.2 Å². The van der Waals surface area contributed by atoms with Crippen LogP contribution in [-0.2, 0) is 13.2 Å². The fourth-order valence-corrected chi connectivity index (χ4v) is 2.97. The third-order valence-corrected chi connectivity index (χ3v) is 3.81. The van der Waals surface area contributed by atoms with Crippen LogP contribution < -0.4 is 10.1 Å². The third kappa shape index (κ3) is 4.58. The number of benzene rings is 2. The van der Waals surface area contributed by atoms with Gasteiger partial charge in [-0.3, -0.25) is 0 Å². The van der Waals surface area contributed by atoms with Gasteiger partial charge in [0.05, 0.1) is 0 Å². The fraction of sp³-hybridized carbons (Fsp3) is 0.333. The number of hydrogen-bond donors (Lipinski definition) is 1. The first-order chi connectivity index (χ1) is 10.1. The lowest BCUT2D eigenvalue weighted by molar-refractivity contribution is 0.300. The summed E-state index contributed by atoms with van der Waals surface area (Å²) in [6.45, 7) is 8.67. The van der Waals surface area contributed by atoms with Gasteiger partial charge < -0.3 is 10.1 Å². The van der Waals surface area contributed by atoms with E-state index in [2.05, 4.69) is 78.4 Å². The normalized spacial score (nSPS) is 10.7. The van der Waals surface area contributed by atoms with E-state index in [9.17, 15) is 0 Å². The third-order valence-electron chi connectivity index (χ3n) is 3.35. The molecule has 2 aromatic rings. The standard InChI is InChI=1S/C18H22BrNO/c1-4-20-11-16-10-17(19)9-14(3)18(16)21-12-15-7-5-6-13(2)8-15/h5-10,20H,4,11-12H2,1-3H3. The van der Waals surface area contributed by atoms with Gasteiger partial charge in [0.25, 0.3) is 0 Å². The largest absolute Gasteiger partial charge is 0.488 e. The molecule has 0 bridgehead atoms. The summed E-state index contributed by atoms with van der Waals surface area (Å²) in [7, 11) is 0. The highest BCUT2D eigenvalue weighted by Crippen LogP contribution is 2.29. The Labute approximate surface area is 135 Å². The van der Waals surface area contributed by atoms with Gasteiger partial charge in [-0.2, -0.15) is 0 Å². The molecular formula is C18H22BrNO. The second-order valence-electron chi connectivity index (χ2n) is 5.27. The molecule has 0 aromatic heterocycles. The van der Waals surface area contributed by atoms with Crippen molar-refractivity contribution in [1.82, 2.24) is 5.32 Å². The van der Waals surface area contributed by atoms with Crippen molar-refractivity contribution in [1.29, 1.82) is 0 Å². The maximum atomic E-state index is 6.10. The van der Waals surface area contributed by atoms with E-state index in [1.165, 1.54) is 16.7 Å². The maximum absolute atomic E-state index is 6.10. The smallest absolute Gasteiger partial charge is 0.127 e. The summed E-state index contributed by atoms with van der Waals surface area (Å²) in [5.74, 6) is 0.987. The van der Waals surface area contributed by atoms with Crippen molar-refractivity contribution in [2.75, 3.05) is 6.54 Å². The van der Waals surface area contributed by atoms with Crippen LogP contribution in [0.3, 0.4) is 0 Å². The zero-order chi connectivity index (χ0) is 15.2. The zero-order valence-corrected chi connectivity index (χ0v) is 14.5. The van der Waals surface area contributed by atoms with Crippen LogP contribution in [0.25, 0.3) is 0 Å². The predicted molar refractivity (Wildman–Crippen MR) is 91.8 cm³/mol. The molecule has 0 saturated heterocycles. The lowest BCUT2D eigenvalue weighted by atomic mass is 10.1. The minimum absolute atomic E-state index is 0.600. The first-order valence-electron chi connectivity index (χ1n) is 7.28. The molecule has 3 heteroatoms. The zero-order valence-electron chi connectivity index (χ0n) is 12.9. The Balaban J connectivity index is 2.18. The van der Waals surface area contributed by atoms with Gasteiger partial charge in [0.1, 0.15) is 12.4 Å². The number of aryl methyl sites for hydroxylation is 2. The molecule has 0 fully saturated rings. The summed E-state index contributed by atoms with van der Waals surface area (Å²) >= 11 is 3.56. The number of nitrogens with one attached hydrogen (secondary N) is 1. The van der Waals surface area contributed by atoms with Crippen molar-refractivity contribution in [2.24, 2.45) is 0 Å². The highest BCUT2D eigenvalue weighted by molar-refractivity contribution is 9.10. The topological polar surface area (TPSA) is 21.3 Å². The van der Waals surface area contributed by atoms with Crippen LogP contribution in [0.2, 0.25) is 0 Å². The van der Waals surface area contributed by atoms with Crippen LogP contribution in [-0.4, -0.2) is 6.54 Å². The SMILES string of the molecule is CCNCc1cc(Br)cc(C)c1OCc1cccc(C)c1. The number of hydrogen-bond acceptors (Lipinski definition) is 2. The van der Waals surface area contributed by atoms with Crippen LogP contribution >= 0.6 is 15.9 Å². The molecule has 0 spiro atoms. The van der Waals surface area contributed by atoms with E-state index in [1.54, 1.807) is 0 Å². The second kappa shape index (κ2) is 7.62. The van der Waals surface area contributed by atoms with Gasteiger partial charge in [-0.25, -0.2) is 0 Å². The molecule has 0 saturated carbocycles. The highest BCUT2D eigenvalue weighted by atomic mass is 79.9. The molecule has 2 aromatic carbocycles. The first kappa shape index (κ1) is 16.1. The van der Waals surface area contributed by atoms with Crippen LogP contribution in [0.15, 0.2) is 40.9 Å². The summed E-state index contributed by atoms with van der Waals surface area (Å²) < 4.78 is 7.19. The minimum Gasteiger partial charge on any atom is -0.488 e. The van der Waals surface area contributed by atoms with Gasteiger partial charge in [0, 0.05) is 16.6 Å². The quantitative estimate of drug-likeness (QED) is 0.813. The Morgan fingerprint density at radius 3 is 2.67 bits per heavy atom. The molecule has 2 nitrogen and oxygen atoms in total. The van der Waals surface area contributed by atoms with Crippen molar-refractivity contribution in [2.45, 2.75) is 33.9 Å². The number of halogens is 1. The van der Waals surface area contributed by atoms with Gasteiger partial charge in [0.15, 0.2) is 0 Å².